The van der Waals surface area contributed by atoms with Crippen LogP contribution in [0.1, 0.15) is 19.3 Å². The zero-order chi connectivity index (χ0) is 7.28. The molecule has 0 aromatic carbocycles. The van der Waals surface area contributed by atoms with Crippen molar-refractivity contribution in [2.24, 2.45) is 0 Å². The van der Waals surface area contributed by atoms with Crippen LogP contribution in [-0.2, 0) is 0 Å². The summed E-state index contributed by atoms with van der Waals surface area (Å²) in [6.07, 6.45) is 4.67. The second-order valence-electron chi connectivity index (χ2n) is 2.28. The molecule has 0 saturated heterocycles. The molecule has 0 atom stereocenters. The summed E-state index contributed by atoms with van der Waals surface area (Å²) in [5, 5.41) is 0. The molecule has 0 bridgehead atoms. The molecule has 0 aliphatic heterocycles. The van der Waals surface area contributed by atoms with Crippen LogP contribution in [0.3, 0.4) is 0 Å². The van der Waals surface area contributed by atoms with E-state index in [2.05, 4.69) is 0 Å². The first-order valence-electron chi connectivity index (χ1n) is 3.05. The van der Waals surface area contributed by atoms with Gasteiger partial charge in [0.1, 0.15) is 0 Å². The first-order chi connectivity index (χ1) is 4.13. The van der Waals surface area contributed by atoms with Gasteiger partial charge in [-0.25, -0.2) is 0 Å². The van der Waals surface area contributed by atoms with Crippen molar-refractivity contribution in [1.82, 2.24) is 0 Å². The number of rotatable bonds is 0. The van der Waals surface area contributed by atoms with Gasteiger partial charge in [-0.3, -0.25) is 12.9 Å². The van der Waals surface area contributed by atoms with Gasteiger partial charge in [-0.05, 0) is 0 Å². The maximum atomic E-state index is 9.67. The van der Waals surface area contributed by atoms with Crippen LogP contribution >= 0.6 is 0 Å². The molecule has 0 aromatic heterocycles. The molecular weight excluding hydrogens is 155 g/mol. The summed E-state index contributed by atoms with van der Waals surface area (Å²) in [6.45, 7) is 0. The Morgan fingerprint density at radius 1 is 1.22 bits per heavy atom. The summed E-state index contributed by atoms with van der Waals surface area (Å²) in [7, 11) is -3.67. The molecule has 1 aliphatic rings. The summed E-state index contributed by atoms with van der Waals surface area (Å²) < 4.78 is 30.3. The van der Waals surface area contributed by atoms with E-state index in [1.165, 1.54) is 6.43 Å². The molecule has 1 saturated carbocycles. The van der Waals surface area contributed by atoms with Gasteiger partial charge in [-0.15, -0.1) is 0 Å². The average Bonchev–Trinajstić information content (AvgIpc) is 1.59. The maximum absolute atomic E-state index is 9.67. The summed E-state index contributed by atoms with van der Waals surface area (Å²) in [5.74, 6) is 0. The van der Waals surface area contributed by atoms with Crippen molar-refractivity contribution in [2.75, 3.05) is 0 Å². The molecule has 0 nitrogen and oxygen atoms in total. The Morgan fingerprint density at radius 3 is 1.44 bits per heavy atom. The molecule has 1 aliphatic carbocycles. The van der Waals surface area contributed by atoms with E-state index in [0.29, 0.717) is 0 Å². The van der Waals surface area contributed by atoms with E-state index >= 15 is 0 Å². The Labute approximate surface area is 87.4 Å². The first-order valence-corrected chi connectivity index (χ1v) is 4.85. The number of hydrogen-bond donors (Lipinski definition) is 0. The molecule has 0 aromatic rings. The Bertz CT molecular complexity index is 64.1. The molecule has 1 rings (SSSR count). The van der Waals surface area contributed by atoms with Crippen molar-refractivity contribution in [1.29, 1.82) is 0 Å². The van der Waals surface area contributed by atoms with Crippen molar-refractivity contribution in [3.8, 4) is 0 Å². The summed E-state index contributed by atoms with van der Waals surface area (Å²) in [6, 6.07) is 0. The normalized spacial score (nSPS) is 17.4. The van der Waals surface area contributed by atoms with Crippen LogP contribution in [0.15, 0.2) is 0 Å². The van der Waals surface area contributed by atoms with E-state index in [1.807, 2.05) is 0 Å². The van der Waals surface area contributed by atoms with Gasteiger partial charge in [0.25, 0.3) is 0 Å². The molecule has 0 unspecified atom stereocenters. The fourth-order valence-electron chi connectivity index (χ4n) is 0.612. The summed E-state index contributed by atoms with van der Waals surface area (Å²) >= 11 is 1.16. The minimum atomic E-state index is -3.67. The molecule has 0 heterocycles. The predicted octanol–water partition coefficient (Wildman–Crippen LogP) is 2.01. The SMILES string of the molecule is FB(F)F.[K][CH]1CCC1. The zero-order valence-corrected chi connectivity index (χ0v) is 8.53. The van der Waals surface area contributed by atoms with Gasteiger partial charge >= 0.3 is 75.8 Å². The standard InChI is InChI=1S/C4H7.BF3.K/c1-2-4-3-1;2-1(3)4;/h1H,2-4H2;;. The number of halogens is 3. The molecule has 0 radical (unpaired) electrons. The second kappa shape index (κ2) is 6.22. The van der Waals surface area contributed by atoms with Crippen LogP contribution < -0.4 is 0 Å². The van der Waals surface area contributed by atoms with Crippen molar-refractivity contribution in [3.05, 3.63) is 0 Å². The van der Waals surface area contributed by atoms with Crippen LogP contribution in [0.4, 0.5) is 12.9 Å². The third kappa shape index (κ3) is 9.49. The van der Waals surface area contributed by atoms with E-state index in [-0.39, 0.29) is 0 Å². The fraction of sp³-hybridized carbons (Fsp3) is 1.00. The van der Waals surface area contributed by atoms with Gasteiger partial charge in [0.2, 0.25) is 0 Å². The van der Waals surface area contributed by atoms with Crippen LogP contribution in [0.5, 0.6) is 0 Å². The van der Waals surface area contributed by atoms with E-state index in [4.69, 9.17) is 0 Å². The minimum absolute atomic E-state index is 1.16. The molecule has 48 valence electrons. The van der Waals surface area contributed by atoms with Crippen molar-refractivity contribution >= 4 is 56.5 Å². The van der Waals surface area contributed by atoms with Crippen molar-refractivity contribution < 1.29 is 12.9 Å². The fourth-order valence-corrected chi connectivity index (χ4v) is 1.89. The number of hydrogen-bond acceptors (Lipinski definition) is 0. The van der Waals surface area contributed by atoms with Crippen LogP contribution in [0.25, 0.3) is 0 Å². The molecule has 0 spiro atoms. The average molecular weight is 162 g/mol. The Hall–Kier alpha value is 1.49. The van der Waals surface area contributed by atoms with Gasteiger partial charge in [-0.1, -0.05) is 0 Å². The van der Waals surface area contributed by atoms with Gasteiger partial charge in [0.05, 0.1) is 0 Å². The van der Waals surface area contributed by atoms with Crippen LogP contribution in [0, 0.1) is 0 Å². The Kier molecular flexibility index (Phi) is 7.25. The Balaban J connectivity index is 0.000000148. The van der Waals surface area contributed by atoms with E-state index in [9.17, 15) is 12.9 Å². The third-order valence-corrected chi connectivity index (χ3v) is 3.20. The zero-order valence-electron chi connectivity index (χ0n) is 5.41. The summed E-state index contributed by atoms with van der Waals surface area (Å²) in [5.41, 5.74) is 0. The van der Waals surface area contributed by atoms with Crippen LogP contribution in [0.2, 0.25) is 0.0125 Å². The third-order valence-electron chi connectivity index (χ3n) is 1.39. The van der Waals surface area contributed by atoms with Gasteiger partial charge in [0, 0.05) is 0 Å². The molecule has 0 N–H and O–H groups in total. The van der Waals surface area contributed by atoms with Gasteiger partial charge in [-0.2, -0.15) is 0 Å². The monoisotopic (exact) mass is 162 g/mol. The van der Waals surface area contributed by atoms with E-state index in [0.717, 1.165) is 49.0 Å². The topological polar surface area (TPSA) is 0 Å². The van der Waals surface area contributed by atoms with Crippen molar-refractivity contribution in [2.45, 2.75) is 19.3 Å². The predicted molar refractivity (Wildman–Crippen MR) is 32.4 cm³/mol. The second-order valence-corrected chi connectivity index (χ2v) is 4.83. The molecule has 5 heteroatoms. The van der Waals surface area contributed by atoms with Crippen LogP contribution in [-0.4, -0.2) is 56.5 Å². The van der Waals surface area contributed by atoms with Gasteiger partial charge in [0.15, 0.2) is 0 Å². The molecule has 9 heavy (non-hydrogen) atoms. The van der Waals surface area contributed by atoms with E-state index < -0.39 is 7.54 Å². The molecule has 0 amide bonds. The van der Waals surface area contributed by atoms with Crippen molar-refractivity contribution in [3.63, 3.8) is 0 Å². The molecular formula is C4H7BF3K. The molecule has 1 fully saturated rings. The van der Waals surface area contributed by atoms with E-state index in [1.54, 1.807) is 12.8 Å². The quantitative estimate of drug-likeness (QED) is 0.478. The first kappa shape index (κ1) is 10.5. The Morgan fingerprint density at radius 2 is 1.44 bits per heavy atom. The summed E-state index contributed by atoms with van der Waals surface area (Å²) in [4.78, 5) is 0. The van der Waals surface area contributed by atoms with Gasteiger partial charge < -0.3 is 0 Å².